The third-order valence-electron chi connectivity index (χ3n) is 3.37. The quantitative estimate of drug-likeness (QED) is 0.754. The molecule has 1 aliphatic heterocycles. The fraction of sp³-hybridized carbons (Fsp3) is 0.571. The fourth-order valence-electron chi connectivity index (χ4n) is 2.35. The van der Waals surface area contributed by atoms with Gasteiger partial charge in [0.15, 0.2) is 6.29 Å². The summed E-state index contributed by atoms with van der Waals surface area (Å²) in [5, 5.41) is 0. The van der Waals surface area contributed by atoms with Gasteiger partial charge in [0.2, 0.25) is 0 Å². The highest BCUT2D eigenvalue weighted by atomic mass is 16.7. The van der Waals surface area contributed by atoms with Gasteiger partial charge in [0.05, 0.1) is 20.3 Å². The average Bonchev–Trinajstić information content (AvgIpc) is 2.44. The molecular formula is C14H20O4. The molecule has 1 atom stereocenters. The zero-order chi connectivity index (χ0) is 13.0. The SMILES string of the molecule is COc1ccc2c(c1)COCC2CC(OC)OC. The van der Waals surface area contributed by atoms with Gasteiger partial charge in [-0.05, 0) is 23.3 Å². The number of methoxy groups -OCH3 is 3. The highest BCUT2D eigenvalue weighted by molar-refractivity contribution is 5.38. The van der Waals surface area contributed by atoms with Crippen molar-refractivity contribution in [2.75, 3.05) is 27.9 Å². The van der Waals surface area contributed by atoms with Crippen LogP contribution >= 0.6 is 0 Å². The van der Waals surface area contributed by atoms with Crippen molar-refractivity contribution >= 4 is 0 Å². The maximum atomic E-state index is 5.63. The van der Waals surface area contributed by atoms with Crippen LogP contribution in [0.2, 0.25) is 0 Å². The Labute approximate surface area is 108 Å². The van der Waals surface area contributed by atoms with E-state index in [1.807, 2.05) is 12.1 Å². The van der Waals surface area contributed by atoms with E-state index in [1.54, 1.807) is 21.3 Å². The van der Waals surface area contributed by atoms with Gasteiger partial charge >= 0.3 is 0 Å². The molecule has 2 rings (SSSR count). The maximum absolute atomic E-state index is 5.63. The van der Waals surface area contributed by atoms with Gasteiger partial charge in [0.1, 0.15) is 5.75 Å². The maximum Gasteiger partial charge on any atom is 0.157 e. The Morgan fingerprint density at radius 1 is 1.28 bits per heavy atom. The lowest BCUT2D eigenvalue weighted by molar-refractivity contribution is -0.113. The second-order valence-corrected chi connectivity index (χ2v) is 4.41. The van der Waals surface area contributed by atoms with Gasteiger partial charge in [0.25, 0.3) is 0 Å². The molecule has 100 valence electrons. The van der Waals surface area contributed by atoms with Crippen LogP contribution in [0.5, 0.6) is 5.75 Å². The van der Waals surface area contributed by atoms with Gasteiger partial charge in [-0.1, -0.05) is 6.07 Å². The first-order valence-corrected chi connectivity index (χ1v) is 6.08. The standard InChI is InChI=1S/C14H20O4/c1-15-12-4-5-13-10(6-12)8-18-9-11(13)7-14(16-2)17-3/h4-6,11,14H,7-9H2,1-3H3. The van der Waals surface area contributed by atoms with Crippen LogP contribution in [0.25, 0.3) is 0 Å². The Morgan fingerprint density at radius 3 is 2.72 bits per heavy atom. The number of hydrogen-bond acceptors (Lipinski definition) is 4. The Balaban J connectivity index is 2.17. The highest BCUT2D eigenvalue weighted by Gasteiger charge is 2.24. The van der Waals surface area contributed by atoms with Crippen molar-refractivity contribution in [1.29, 1.82) is 0 Å². The largest absolute Gasteiger partial charge is 0.497 e. The lowest BCUT2D eigenvalue weighted by Crippen LogP contribution is -2.23. The fourth-order valence-corrected chi connectivity index (χ4v) is 2.35. The van der Waals surface area contributed by atoms with E-state index in [0.717, 1.165) is 12.2 Å². The van der Waals surface area contributed by atoms with Gasteiger partial charge in [-0.3, -0.25) is 0 Å². The van der Waals surface area contributed by atoms with Crippen molar-refractivity contribution in [2.24, 2.45) is 0 Å². The molecule has 1 heterocycles. The second-order valence-electron chi connectivity index (χ2n) is 4.41. The van der Waals surface area contributed by atoms with Gasteiger partial charge in [-0.15, -0.1) is 0 Å². The number of rotatable bonds is 5. The Kier molecular flexibility index (Phi) is 4.58. The minimum atomic E-state index is -0.188. The molecule has 0 amide bonds. The van der Waals surface area contributed by atoms with Crippen molar-refractivity contribution < 1.29 is 18.9 Å². The Hall–Kier alpha value is -1.10. The van der Waals surface area contributed by atoms with Crippen LogP contribution in [0.3, 0.4) is 0 Å². The molecule has 4 nitrogen and oxygen atoms in total. The highest BCUT2D eigenvalue weighted by Crippen LogP contribution is 2.32. The van der Waals surface area contributed by atoms with E-state index >= 15 is 0 Å². The zero-order valence-corrected chi connectivity index (χ0v) is 11.1. The van der Waals surface area contributed by atoms with E-state index in [-0.39, 0.29) is 6.29 Å². The molecule has 4 heteroatoms. The molecular weight excluding hydrogens is 232 g/mol. The number of hydrogen-bond donors (Lipinski definition) is 0. The summed E-state index contributed by atoms with van der Waals surface area (Å²) in [5.74, 6) is 1.18. The van der Waals surface area contributed by atoms with Crippen molar-refractivity contribution in [3.8, 4) is 5.75 Å². The molecule has 0 spiro atoms. The molecule has 0 N–H and O–H groups in total. The molecule has 0 saturated carbocycles. The molecule has 0 saturated heterocycles. The first-order valence-electron chi connectivity index (χ1n) is 6.08. The third kappa shape index (κ3) is 2.83. The van der Waals surface area contributed by atoms with Gasteiger partial charge in [-0.25, -0.2) is 0 Å². The minimum Gasteiger partial charge on any atom is -0.497 e. The van der Waals surface area contributed by atoms with Crippen LogP contribution in [0, 0.1) is 0 Å². The first kappa shape index (κ1) is 13.3. The van der Waals surface area contributed by atoms with Crippen LogP contribution in [0.4, 0.5) is 0 Å². The number of fused-ring (bicyclic) bond motifs is 1. The normalized spacial score (nSPS) is 18.8. The topological polar surface area (TPSA) is 36.9 Å². The molecule has 0 fully saturated rings. The minimum absolute atomic E-state index is 0.188. The molecule has 1 aromatic rings. The van der Waals surface area contributed by atoms with E-state index in [2.05, 4.69) is 6.07 Å². The molecule has 1 unspecified atom stereocenters. The van der Waals surface area contributed by atoms with Gasteiger partial charge in [-0.2, -0.15) is 0 Å². The van der Waals surface area contributed by atoms with Crippen molar-refractivity contribution in [3.63, 3.8) is 0 Å². The molecule has 0 bridgehead atoms. The summed E-state index contributed by atoms with van der Waals surface area (Å²) < 4.78 is 21.4. The molecule has 0 aromatic heterocycles. The van der Waals surface area contributed by atoms with Crippen molar-refractivity contribution in [3.05, 3.63) is 29.3 Å². The lowest BCUT2D eigenvalue weighted by atomic mass is 9.90. The third-order valence-corrected chi connectivity index (χ3v) is 3.37. The van der Waals surface area contributed by atoms with E-state index < -0.39 is 0 Å². The smallest absolute Gasteiger partial charge is 0.157 e. The summed E-state index contributed by atoms with van der Waals surface area (Å²) in [7, 11) is 4.99. The molecule has 0 radical (unpaired) electrons. The molecule has 1 aromatic carbocycles. The summed E-state index contributed by atoms with van der Waals surface area (Å²) in [6, 6.07) is 6.14. The summed E-state index contributed by atoms with van der Waals surface area (Å²) in [5.41, 5.74) is 2.50. The Morgan fingerprint density at radius 2 is 2.06 bits per heavy atom. The molecule has 18 heavy (non-hydrogen) atoms. The molecule has 0 aliphatic carbocycles. The summed E-state index contributed by atoms with van der Waals surface area (Å²) in [6.45, 7) is 1.36. The predicted molar refractivity (Wildman–Crippen MR) is 67.8 cm³/mol. The van der Waals surface area contributed by atoms with Crippen molar-refractivity contribution in [2.45, 2.75) is 25.2 Å². The average molecular weight is 252 g/mol. The van der Waals surface area contributed by atoms with E-state index in [1.165, 1.54) is 11.1 Å². The van der Waals surface area contributed by atoms with Crippen LogP contribution in [0.15, 0.2) is 18.2 Å². The van der Waals surface area contributed by atoms with Crippen LogP contribution in [-0.2, 0) is 20.8 Å². The van der Waals surface area contributed by atoms with Crippen LogP contribution in [0.1, 0.15) is 23.5 Å². The van der Waals surface area contributed by atoms with Gasteiger partial charge < -0.3 is 18.9 Å². The lowest BCUT2D eigenvalue weighted by Gasteiger charge is -2.28. The summed E-state index contributed by atoms with van der Waals surface area (Å²) in [4.78, 5) is 0. The Bertz CT molecular complexity index is 387. The summed E-state index contributed by atoms with van der Waals surface area (Å²) in [6.07, 6.45) is 0.610. The van der Waals surface area contributed by atoms with E-state index in [0.29, 0.717) is 19.1 Å². The zero-order valence-electron chi connectivity index (χ0n) is 11.1. The second kappa shape index (κ2) is 6.18. The predicted octanol–water partition coefficient (Wildman–Crippen LogP) is 2.32. The number of benzene rings is 1. The number of ether oxygens (including phenoxy) is 4. The van der Waals surface area contributed by atoms with Crippen LogP contribution < -0.4 is 4.74 Å². The van der Waals surface area contributed by atoms with Crippen molar-refractivity contribution in [1.82, 2.24) is 0 Å². The van der Waals surface area contributed by atoms with Crippen LogP contribution in [-0.4, -0.2) is 34.2 Å². The monoisotopic (exact) mass is 252 g/mol. The van der Waals surface area contributed by atoms with Gasteiger partial charge in [0, 0.05) is 26.6 Å². The summed E-state index contributed by atoms with van der Waals surface area (Å²) >= 11 is 0. The van der Waals surface area contributed by atoms with E-state index in [4.69, 9.17) is 18.9 Å². The van der Waals surface area contributed by atoms with E-state index in [9.17, 15) is 0 Å². The molecule has 1 aliphatic rings. The first-order chi connectivity index (χ1) is 8.78.